The Bertz CT molecular complexity index is 736. The molecule has 0 saturated carbocycles. The van der Waals surface area contributed by atoms with Crippen molar-refractivity contribution in [3.05, 3.63) is 40.2 Å². The fourth-order valence-electron chi connectivity index (χ4n) is 2.13. The Morgan fingerprint density at radius 2 is 2.10 bits per heavy atom. The molecule has 7 heteroatoms. The van der Waals surface area contributed by atoms with Gasteiger partial charge in [-0.1, -0.05) is 0 Å². The lowest BCUT2D eigenvalue weighted by molar-refractivity contribution is 0.0656. The number of pyridine rings is 1. The van der Waals surface area contributed by atoms with Gasteiger partial charge in [-0.05, 0) is 18.2 Å². The summed E-state index contributed by atoms with van der Waals surface area (Å²) >= 11 is 0. The van der Waals surface area contributed by atoms with Crippen molar-refractivity contribution in [1.29, 1.82) is 0 Å². The largest absolute Gasteiger partial charge is 0.497 e. The summed E-state index contributed by atoms with van der Waals surface area (Å²) in [5.41, 5.74) is -0.339. The van der Waals surface area contributed by atoms with Crippen LogP contribution in [0.2, 0.25) is 0 Å². The highest BCUT2D eigenvalue weighted by atomic mass is 16.5. The van der Waals surface area contributed by atoms with Crippen molar-refractivity contribution in [2.75, 3.05) is 13.7 Å². The molecule has 0 fully saturated rings. The minimum absolute atomic E-state index is 0.138. The standard InChI is InChI=1S/C14H15NO6/c1-21-9-2-3-11-10(4-9)13(18)5-12(14(19)20)15(11)6-8(17)7-16/h2-5,8,16-17H,6-7H2,1H3,(H,19,20). The maximum Gasteiger partial charge on any atom is 0.352 e. The molecule has 0 spiro atoms. The van der Waals surface area contributed by atoms with E-state index in [4.69, 9.17) is 9.84 Å². The van der Waals surface area contributed by atoms with Gasteiger partial charge < -0.3 is 24.6 Å². The van der Waals surface area contributed by atoms with Crippen LogP contribution in [0.5, 0.6) is 5.75 Å². The summed E-state index contributed by atoms with van der Waals surface area (Å²) in [6, 6.07) is 5.64. The summed E-state index contributed by atoms with van der Waals surface area (Å²) in [7, 11) is 1.46. The first-order valence-corrected chi connectivity index (χ1v) is 6.21. The molecule has 0 bridgehead atoms. The lowest BCUT2D eigenvalue weighted by atomic mass is 10.1. The van der Waals surface area contributed by atoms with Crippen molar-refractivity contribution in [2.24, 2.45) is 0 Å². The van der Waals surface area contributed by atoms with Gasteiger partial charge in [0, 0.05) is 11.5 Å². The van der Waals surface area contributed by atoms with Crippen LogP contribution in [0.1, 0.15) is 10.5 Å². The number of carbonyl (C=O) groups is 1. The molecule has 7 nitrogen and oxygen atoms in total. The second kappa shape index (κ2) is 5.94. The zero-order chi connectivity index (χ0) is 15.6. The number of fused-ring (bicyclic) bond motifs is 1. The molecule has 0 aliphatic heterocycles. The SMILES string of the molecule is COc1ccc2c(c1)c(=O)cc(C(=O)O)n2CC(O)CO. The number of benzene rings is 1. The molecule has 2 aromatic rings. The van der Waals surface area contributed by atoms with Gasteiger partial charge in [0.05, 0.1) is 31.9 Å². The molecule has 1 aromatic carbocycles. The van der Waals surface area contributed by atoms with Crippen LogP contribution < -0.4 is 10.2 Å². The predicted octanol–water partition coefficient (Wildman–Crippen LogP) is 0.0615. The number of methoxy groups -OCH3 is 1. The molecular weight excluding hydrogens is 278 g/mol. The molecule has 0 amide bonds. The number of nitrogens with zero attached hydrogens (tertiary/aromatic N) is 1. The van der Waals surface area contributed by atoms with Crippen LogP contribution in [-0.2, 0) is 6.54 Å². The highest BCUT2D eigenvalue weighted by molar-refractivity contribution is 5.91. The number of aliphatic hydroxyl groups is 2. The number of carboxylic acid groups (broad SMARTS) is 1. The van der Waals surface area contributed by atoms with E-state index in [1.807, 2.05) is 0 Å². The second-order valence-corrected chi connectivity index (χ2v) is 4.53. The summed E-state index contributed by atoms with van der Waals surface area (Å²) in [5, 5.41) is 28.0. The van der Waals surface area contributed by atoms with Crippen LogP contribution in [0.4, 0.5) is 0 Å². The third-order valence-corrected chi connectivity index (χ3v) is 3.14. The number of aromatic nitrogens is 1. The van der Waals surface area contributed by atoms with Crippen LogP contribution in [0, 0.1) is 0 Å². The number of aliphatic hydroxyl groups excluding tert-OH is 2. The fraction of sp³-hybridized carbons (Fsp3) is 0.286. The van der Waals surface area contributed by atoms with E-state index >= 15 is 0 Å². The molecule has 0 aliphatic rings. The Hall–Kier alpha value is -2.38. The Morgan fingerprint density at radius 3 is 2.67 bits per heavy atom. The van der Waals surface area contributed by atoms with Crippen LogP contribution >= 0.6 is 0 Å². The van der Waals surface area contributed by atoms with E-state index in [2.05, 4.69) is 0 Å². The Balaban J connectivity index is 2.76. The molecule has 2 rings (SSSR count). The van der Waals surface area contributed by atoms with Crippen molar-refractivity contribution in [2.45, 2.75) is 12.6 Å². The average molecular weight is 293 g/mol. The van der Waals surface area contributed by atoms with Crippen LogP contribution in [0.25, 0.3) is 10.9 Å². The van der Waals surface area contributed by atoms with E-state index in [0.717, 1.165) is 6.07 Å². The molecule has 0 radical (unpaired) electrons. The lowest BCUT2D eigenvalue weighted by Crippen LogP contribution is -2.26. The maximum atomic E-state index is 12.0. The van der Waals surface area contributed by atoms with E-state index in [9.17, 15) is 19.8 Å². The van der Waals surface area contributed by atoms with Gasteiger partial charge in [-0.25, -0.2) is 4.79 Å². The summed E-state index contributed by atoms with van der Waals surface area (Å²) < 4.78 is 6.33. The summed E-state index contributed by atoms with van der Waals surface area (Å²) in [5.74, 6) is -0.813. The molecule has 1 atom stereocenters. The third-order valence-electron chi connectivity index (χ3n) is 3.14. The minimum Gasteiger partial charge on any atom is -0.497 e. The maximum absolute atomic E-state index is 12.0. The first-order valence-electron chi connectivity index (χ1n) is 6.21. The van der Waals surface area contributed by atoms with E-state index in [0.29, 0.717) is 11.3 Å². The average Bonchev–Trinajstić information content (AvgIpc) is 2.48. The first-order chi connectivity index (χ1) is 9.97. The second-order valence-electron chi connectivity index (χ2n) is 4.53. The van der Waals surface area contributed by atoms with E-state index in [1.54, 1.807) is 12.1 Å². The van der Waals surface area contributed by atoms with Gasteiger partial charge in [0.25, 0.3) is 0 Å². The quantitative estimate of drug-likeness (QED) is 0.719. The van der Waals surface area contributed by atoms with Gasteiger partial charge in [0.15, 0.2) is 5.43 Å². The van der Waals surface area contributed by atoms with Gasteiger partial charge >= 0.3 is 5.97 Å². The summed E-state index contributed by atoms with van der Waals surface area (Å²) in [6.45, 7) is -0.649. The van der Waals surface area contributed by atoms with Gasteiger partial charge in [-0.2, -0.15) is 0 Å². The van der Waals surface area contributed by atoms with Crippen molar-refractivity contribution in [3.8, 4) is 5.75 Å². The molecule has 1 heterocycles. The van der Waals surface area contributed by atoms with Crippen molar-refractivity contribution >= 4 is 16.9 Å². The molecule has 1 aromatic heterocycles. The highest BCUT2D eigenvalue weighted by Gasteiger charge is 2.17. The van der Waals surface area contributed by atoms with Crippen LogP contribution in [0.3, 0.4) is 0 Å². The molecule has 0 aliphatic carbocycles. The van der Waals surface area contributed by atoms with Crippen molar-refractivity contribution in [1.82, 2.24) is 4.57 Å². The number of carboxylic acids is 1. The van der Waals surface area contributed by atoms with Gasteiger partial charge in [0.1, 0.15) is 11.4 Å². The molecule has 1 unspecified atom stereocenters. The number of hydrogen-bond donors (Lipinski definition) is 3. The molecule has 0 saturated heterocycles. The monoisotopic (exact) mass is 293 g/mol. The number of rotatable bonds is 5. The Labute approximate surface area is 119 Å². The number of aromatic carboxylic acids is 1. The zero-order valence-corrected chi connectivity index (χ0v) is 11.3. The molecular formula is C14H15NO6. The highest BCUT2D eigenvalue weighted by Crippen LogP contribution is 2.20. The fourth-order valence-corrected chi connectivity index (χ4v) is 2.13. The normalized spacial score (nSPS) is 12.3. The topological polar surface area (TPSA) is 109 Å². The number of ether oxygens (including phenoxy) is 1. The zero-order valence-electron chi connectivity index (χ0n) is 11.3. The lowest BCUT2D eigenvalue weighted by Gasteiger charge is -2.17. The van der Waals surface area contributed by atoms with Crippen molar-refractivity contribution in [3.63, 3.8) is 0 Å². The Kier molecular flexibility index (Phi) is 4.25. The van der Waals surface area contributed by atoms with Gasteiger partial charge in [-0.3, -0.25) is 4.79 Å². The van der Waals surface area contributed by atoms with Gasteiger partial charge in [-0.15, -0.1) is 0 Å². The van der Waals surface area contributed by atoms with E-state index in [-0.39, 0.29) is 17.6 Å². The van der Waals surface area contributed by atoms with Crippen molar-refractivity contribution < 1.29 is 24.9 Å². The molecule has 112 valence electrons. The van der Waals surface area contributed by atoms with E-state index in [1.165, 1.54) is 17.7 Å². The Morgan fingerprint density at radius 1 is 1.38 bits per heavy atom. The minimum atomic E-state index is -1.28. The predicted molar refractivity (Wildman–Crippen MR) is 74.8 cm³/mol. The van der Waals surface area contributed by atoms with Gasteiger partial charge in [0.2, 0.25) is 0 Å². The smallest absolute Gasteiger partial charge is 0.352 e. The summed E-state index contributed by atoms with van der Waals surface area (Å²) in [6.07, 6.45) is -1.13. The third kappa shape index (κ3) is 2.88. The molecule has 21 heavy (non-hydrogen) atoms. The van der Waals surface area contributed by atoms with Crippen LogP contribution in [0.15, 0.2) is 29.1 Å². The number of hydrogen-bond acceptors (Lipinski definition) is 5. The van der Waals surface area contributed by atoms with Crippen LogP contribution in [-0.4, -0.2) is 45.7 Å². The summed E-state index contributed by atoms with van der Waals surface area (Å²) in [4.78, 5) is 23.3. The molecule has 3 N–H and O–H groups in total. The van der Waals surface area contributed by atoms with E-state index < -0.39 is 24.1 Å². The first kappa shape index (κ1) is 15.0.